The van der Waals surface area contributed by atoms with Crippen LogP contribution in [0.25, 0.3) is 0 Å². The molecule has 3 heterocycles. The zero-order chi connectivity index (χ0) is 17.4. The van der Waals surface area contributed by atoms with E-state index in [0.717, 1.165) is 42.7 Å². The summed E-state index contributed by atoms with van der Waals surface area (Å²) in [5, 5.41) is 13.2. The largest absolute Gasteiger partial charge is 0.365 e. The van der Waals surface area contributed by atoms with E-state index in [1.807, 2.05) is 6.08 Å². The lowest BCUT2D eigenvalue weighted by molar-refractivity contribution is 0.333. The normalized spacial score (nSPS) is 34.4. The maximum Gasteiger partial charge on any atom is 0.159 e. The standard InChI is InChI=1S/C17H22ClFN6/c18-9-5-10-11(7-22-15(10)21-6-9)16-23-8-12(19)17(25-16)24-14-4-2-1-3-13(14)20/h5-7,13-15,21,23-25H,1-4,8,20H2/t13-,14-,15?/m0/s1. The highest BCUT2D eigenvalue weighted by molar-refractivity contribution is 6.31. The SMILES string of the molecule is N[C@H]1CCCC[C@@H]1NC1=C(F)CNC(=C2C=NC3NC=C(Cl)C=C23)N1. The first kappa shape index (κ1) is 16.5. The molecule has 0 aromatic heterocycles. The number of fused-ring (bicyclic) bond motifs is 1. The van der Waals surface area contributed by atoms with Crippen molar-refractivity contribution < 1.29 is 4.39 Å². The fourth-order valence-corrected chi connectivity index (χ4v) is 3.77. The van der Waals surface area contributed by atoms with Crippen LogP contribution in [0.3, 0.4) is 0 Å². The van der Waals surface area contributed by atoms with Gasteiger partial charge in [0.25, 0.3) is 0 Å². The Bertz CT molecular complexity index is 723. The highest BCUT2D eigenvalue weighted by atomic mass is 35.5. The molecule has 0 amide bonds. The van der Waals surface area contributed by atoms with Crippen molar-refractivity contribution in [1.82, 2.24) is 21.3 Å². The third-order valence-electron chi connectivity index (χ3n) is 4.99. The number of aliphatic imine (C=N–C) groups is 1. The topological polar surface area (TPSA) is 86.5 Å². The van der Waals surface area contributed by atoms with E-state index < -0.39 is 0 Å². The van der Waals surface area contributed by atoms with Crippen molar-refractivity contribution in [2.75, 3.05) is 6.54 Å². The van der Waals surface area contributed by atoms with Crippen LogP contribution in [0.4, 0.5) is 4.39 Å². The molecule has 6 N–H and O–H groups in total. The summed E-state index contributed by atoms with van der Waals surface area (Å²) < 4.78 is 14.3. The summed E-state index contributed by atoms with van der Waals surface area (Å²) in [5.74, 6) is 0.868. The van der Waals surface area contributed by atoms with Crippen LogP contribution in [0.2, 0.25) is 0 Å². The molecule has 1 saturated carbocycles. The summed E-state index contributed by atoms with van der Waals surface area (Å²) in [6, 6.07) is 0.137. The van der Waals surface area contributed by atoms with Crippen LogP contribution in [0, 0.1) is 0 Å². The summed E-state index contributed by atoms with van der Waals surface area (Å²) in [4.78, 5) is 4.42. The highest BCUT2D eigenvalue weighted by Crippen LogP contribution is 2.29. The number of hydrogen-bond donors (Lipinski definition) is 5. The zero-order valence-electron chi connectivity index (χ0n) is 13.8. The highest BCUT2D eigenvalue weighted by Gasteiger charge is 2.30. The monoisotopic (exact) mass is 364 g/mol. The molecule has 6 nitrogen and oxygen atoms in total. The van der Waals surface area contributed by atoms with Crippen LogP contribution < -0.4 is 27.0 Å². The zero-order valence-corrected chi connectivity index (χ0v) is 14.5. The first-order valence-corrected chi connectivity index (χ1v) is 9.02. The molecule has 0 saturated heterocycles. The van der Waals surface area contributed by atoms with Crippen molar-refractivity contribution in [3.8, 4) is 0 Å². The predicted octanol–water partition coefficient (Wildman–Crippen LogP) is 1.41. The Morgan fingerprint density at radius 3 is 3.00 bits per heavy atom. The second-order valence-corrected chi connectivity index (χ2v) is 7.16. The third kappa shape index (κ3) is 3.26. The van der Waals surface area contributed by atoms with Crippen molar-refractivity contribution in [3.63, 3.8) is 0 Å². The second kappa shape index (κ2) is 6.72. The number of halogens is 2. The first-order valence-electron chi connectivity index (χ1n) is 8.64. The Kier molecular flexibility index (Phi) is 4.43. The molecule has 3 atom stereocenters. The molecule has 3 aliphatic heterocycles. The number of rotatable bonds is 2. The molecular weight excluding hydrogens is 343 g/mol. The summed E-state index contributed by atoms with van der Waals surface area (Å²) in [6.07, 6.45) is 9.40. The van der Waals surface area contributed by atoms with Gasteiger partial charge in [0.15, 0.2) is 5.83 Å². The summed E-state index contributed by atoms with van der Waals surface area (Å²) in [7, 11) is 0. The van der Waals surface area contributed by atoms with E-state index >= 15 is 0 Å². The summed E-state index contributed by atoms with van der Waals surface area (Å²) in [6.45, 7) is 0.124. The molecule has 25 heavy (non-hydrogen) atoms. The molecule has 1 fully saturated rings. The van der Waals surface area contributed by atoms with Crippen LogP contribution in [0.1, 0.15) is 25.7 Å². The Labute approximate surface area is 151 Å². The van der Waals surface area contributed by atoms with Gasteiger partial charge in [0.1, 0.15) is 17.8 Å². The number of nitrogens with zero attached hydrogens (tertiary/aromatic N) is 1. The van der Waals surface area contributed by atoms with Crippen LogP contribution in [0.5, 0.6) is 0 Å². The number of nitrogens with two attached hydrogens (primary N) is 1. The van der Waals surface area contributed by atoms with Crippen molar-refractivity contribution in [2.45, 2.75) is 43.9 Å². The van der Waals surface area contributed by atoms with Crippen molar-refractivity contribution >= 4 is 17.8 Å². The van der Waals surface area contributed by atoms with E-state index in [9.17, 15) is 4.39 Å². The van der Waals surface area contributed by atoms with Gasteiger partial charge in [-0.05, 0) is 18.9 Å². The lowest BCUT2D eigenvalue weighted by Gasteiger charge is -2.33. The van der Waals surface area contributed by atoms with E-state index in [1.165, 1.54) is 0 Å². The maximum atomic E-state index is 14.3. The molecule has 1 unspecified atom stereocenters. The van der Waals surface area contributed by atoms with Gasteiger partial charge in [-0.2, -0.15) is 0 Å². The van der Waals surface area contributed by atoms with Gasteiger partial charge < -0.3 is 27.0 Å². The van der Waals surface area contributed by atoms with Gasteiger partial charge in [0, 0.05) is 35.6 Å². The molecular formula is C17H22ClFN6. The molecule has 0 spiro atoms. The number of dihydropyridines is 1. The third-order valence-corrected chi connectivity index (χ3v) is 5.21. The van der Waals surface area contributed by atoms with Crippen LogP contribution >= 0.6 is 11.6 Å². The lowest BCUT2D eigenvalue weighted by Crippen LogP contribution is -2.51. The van der Waals surface area contributed by atoms with Gasteiger partial charge in [-0.25, -0.2) is 4.39 Å². The van der Waals surface area contributed by atoms with Crippen LogP contribution in [-0.4, -0.2) is 31.0 Å². The molecule has 8 heteroatoms. The van der Waals surface area contributed by atoms with E-state index in [2.05, 4.69) is 26.3 Å². The van der Waals surface area contributed by atoms with E-state index in [4.69, 9.17) is 17.3 Å². The molecule has 0 bridgehead atoms. The van der Waals surface area contributed by atoms with Crippen LogP contribution in [-0.2, 0) is 0 Å². The average molecular weight is 365 g/mol. The first-order chi connectivity index (χ1) is 12.1. The second-order valence-electron chi connectivity index (χ2n) is 6.72. The minimum atomic E-state index is -0.248. The Morgan fingerprint density at radius 2 is 2.16 bits per heavy atom. The van der Waals surface area contributed by atoms with Gasteiger partial charge in [-0.15, -0.1) is 0 Å². The minimum absolute atomic E-state index is 0.0495. The van der Waals surface area contributed by atoms with E-state index in [-0.39, 0.29) is 30.6 Å². The van der Waals surface area contributed by atoms with Crippen molar-refractivity contribution in [3.05, 3.63) is 45.9 Å². The smallest absolute Gasteiger partial charge is 0.159 e. The van der Waals surface area contributed by atoms with Gasteiger partial charge in [0.2, 0.25) is 0 Å². The molecule has 0 aromatic rings. The molecule has 4 aliphatic rings. The molecule has 0 aromatic carbocycles. The Morgan fingerprint density at radius 1 is 1.32 bits per heavy atom. The Hall–Kier alpha value is -1.99. The van der Waals surface area contributed by atoms with Crippen molar-refractivity contribution in [1.29, 1.82) is 0 Å². The quantitative estimate of drug-likeness (QED) is 0.511. The molecule has 134 valence electrons. The fraction of sp³-hybridized carbons (Fsp3) is 0.471. The average Bonchev–Trinajstić information content (AvgIpc) is 3.02. The van der Waals surface area contributed by atoms with Crippen molar-refractivity contribution in [2.24, 2.45) is 10.7 Å². The summed E-state index contributed by atoms with van der Waals surface area (Å²) >= 11 is 6.09. The van der Waals surface area contributed by atoms with Crippen LogP contribution in [0.15, 0.2) is 50.9 Å². The minimum Gasteiger partial charge on any atom is -0.365 e. The van der Waals surface area contributed by atoms with E-state index in [0.29, 0.717) is 10.9 Å². The summed E-state index contributed by atoms with van der Waals surface area (Å²) in [5.41, 5.74) is 8.01. The fourth-order valence-electron chi connectivity index (χ4n) is 3.59. The van der Waals surface area contributed by atoms with Gasteiger partial charge in [-0.1, -0.05) is 24.4 Å². The van der Waals surface area contributed by atoms with Gasteiger partial charge >= 0.3 is 0 Å². The van der Waals surface area contributed by atoms with E-state index in [1.54, 1.807) is 12.4 Å². The molecule has 4 rings (SSSR count). The van der Waals surface area contributed by atoms with Gasteiger partial charge in [-0.3, -0.25) is 4.99 Å². The predicted molar refractivity (Wildman–Crippen MR) is 97.1 cm³/mol. The lowest BCUT2D eigenvalue weighted by atomic mass is 9.91. The number of hydrogen-bond acceptors (Lipinski definition) is 6. The maximum absolute atomic E-state index is 14.3. The Balaban J connectivity index is 1.56. The number of nitrogens with one attached hydrogen (secondary N) is 4. The van der Waals surface area contributed by atoms with Gasteiger partial charge in [0.05, 0.1) is 11.6 Å². The number of allylic oxidation sites excluding steroid dienone is 2. The molecule has 0 radical (unpaired) electrons. The molecule has 1 aliphatic carbocycles.